The van der Waals surface area contributed by atoms with E-state index in [-0.39, 0.29) is 25.5 Å². The molecule has 0 aliphatic carbocycles. The number of aliphatic hydroxyl groups excluding tert-OH is 1. The topological polar surface area (TPSA) is 141 Å². The van der Waals surface area contributed by atoms with Crippen molar-refractivity contribution in [2.75, 3.05) is 19.8 Å². The Labute approximate surface area is 247 Å². The summed E-state index contributed by atoms with van der Waals surface area (Å²) in [6.07, 6.45) is 0.787. The molecular weight excluding hydrogens is 588 g/mol. The van der Waals surface area contributed by atoms with Gasteiger partial charge in [-0.05, 0) is 53.4 Å². The summed E-state index contributed by atoms with van der Waals surface area (Å²) in [5, 5.41) is 12.8. The number of ether oxygens (including phenoxy) is 2. The van der Waals surface area contributed by atoms with Gasteiger partial charge in [0.25, 0.3) is 5.91 Å². The summed E-state index contributed by atoms with van der Waals surface area (Å²) in [5.41, 5.74) is 16.5. The number of azide groups is 1. The van der Waals surface area contributed by atoms with Gasteiger partial charge < -0.3 is 14.6 Å². The molecule has 4 rings (SSSR count). The lowest BCUT2D eigenvalue weighted by atomic mass is 9.81. The van der Waals surface area contributed by atoms with E-state index in [4.69, 9.17) is 25.1 Å². The Balaban J connectivity index is 1.81. The molecule has 0 saturated carbocycles. The lowest BCUT2D eigenvalue weighted by Gasteiger charge is -2.31. The molecule has 2 atom stereocenters. The highest BCUT2D eigenvalue weighted by Crippen LogP contribution is 2.45. The van der Waals surface area contributed by atoms with Gasteiger partial charge in [0.1, 0.15) is 5.75 Å². The molecule has 1 amide bonds. The van der Waals surface area contributed by atoms with Gasteiger partial charge in [-0.25, -0.2) is 10.4 Å². The molecule has 0 unspecified atom stereocenters. The van der Waals surface area contributed by atoms with Crippen molar-refractivity contribution in [2.24, 2.45) is 10.1 Å². The van der Waals surface area contributed by atoms with Crippen LogP contribution in [0, 0.1) is 0 Å². The third kappa shape index (κ3) is 7.25. The minimum absolute atomic E-state index is 0.0580. The third-order valence-electron chi connectivity index (χ3n) is 6.68. The van der Waals surface area contributed by atoms with Crippen molar-refractivity contribution in [3.63, 3.8) is 0 Å². The van der Waals surface area contributed by atoms with E-state index in [1.165, 1.54) is 0 Å². The molecule has 11 heteroatoms. The molecule has 1 heterocycles. The molecule has 3 aromatic rings. The van der Waals surface area contributed by atoms with E-state index in [0.29, 0.717) is 36.8 Å². The number of hydrogen-bond acceptors (Lipinski definition) is 7. The first-order valence-corrected chi connectivity index (χ1v) is 14.3. The monoisotopic (exact) mass is 620 g/mol. The molecule has 10 nitrogen and oxygen atoms in total. The van der Waals surface area contributed by atoms with Gasteiger partial charge in [0.05, 0.1) is 13.2 Å². The first kappa shape index (κ1) is 30.1. The third-order valence-corrected chi connectivity index (χ3v) is 7.40. The number of hydrogen-bond donors (Lipinski definition) is 3. The van der Waals surface area contributed by atoms with Crippen molar-refractivity contribution >= 4 is 27.7 Å². The van der Waals surface area contributed by atoms with E-state index in [1.807, 2.05) is 79.7 Å². The van der Waals surface area contributed by atoms with Crippen LogP contribution >= 0.6 is 15.9 Å². The Bertz CT molecular complexity index is 1410. The molecular formula is C30H33BrN6O4. The standard InChI is InChI=1S/C30H33BrN6O4/c1-2-16-33-36-29(39)30(19-22-8-3-4-9-23(22)20-34-37-32)27(25-10-5-6-11-26(25)31)41-28(35-30)21-12-14-24(15-13-21)40-18-7-17-38/h3-6,8-15,27,33,38H,2,7,16-20H2,1H3,(H,36,39)/t27-,30-/m0/s1. The lowest BCUT2D eigenvalue weighted by Crippen LogP contribution is -2.54. The van der Waals surface area contributed by atoms with Gasteiger partial charge >= 0.3 is 0 Å². The summed E-state index contributed by atoms with van der Waals surface area (Å²) < 4.78 is 13.0. The fourth-order valence-corrected chi connectivity index (χ4v) is 5.10. The molecule has 0 radical (unpaired) electrons. The molecule has 1 aliphatic rings. The minimum Gasteiger partial charge on any atom is -0.494 e. The number of amides is 1. The van der Waals surface area contributed by atoms with Crippen LogP contribution in [0.5, 0.6) is 5.75 Å². The van der Waals surface area contributed by atoms with Crippen LogP contribution in [0.3, 0.4) is 0 Å². The maximum atomic E-state index is 14.1. The summed E-state index contributed by atoms with van der Waals surface area (Å²) in [6.45, 7) is 3.21. The normalized spacial score (nSPS) is 17.7. The maximum absolute atomic E-state index is 14.1. The van der Waals surface area contributed by atoms with Crippen LogP contribution in [0.25, 0.3) is 10.4 Å². The number of nitrogens with zero attached hydrogens (tertiary/aromatic N) is 4. The second-order valence-corrected chi connectivity index (χ2v) is 10.4. The fourth-order valence-electron chi connectivity index (χ4n) is 4.61. The second kappa shape index (κ2) is 14.7. The number of aliphatic hydroxyl groups is 1. The van der Waals surface area contributed by atoms with Gasteiger partial charge in [-0.1, -0.05) is 70.4 Å². The van der Waals surface area contributed by atoms with Gasteiger partial charge in [-0.3, -0.25) is 10.2 Å². The molecule has 1 aliphatic heterocycles. The van der Waals surface area contributed by atoms with Crippen LogP contribution in [0.4, 0.5) is 0 Å². The highest BCUT2D eigenvalue weighted by atomic mass is 79.9. The van der Waals surface area contributed by atoms with E-state index in [9.17, 15) is 4.79 Å². The fraction of sp³-hybridized carbons (Fsp3) is 0.333. The van der Waals surface area contributed by atoms with Crippen LogP contribution in [0.1, 0.15) is 48.1 Å². The lowest BCUT2D eigenvalue weighted by molar-refractivity contribution is -0.130. The van der Waals surface area contributed by atoms with E-state index in [0.717, 1.165) is 27.6 Å². The number of rotatable bonds is 14. The summed E-state index contributed by atoms with van der Waals surface area (Å²) in [6, 6.07) is 22.5. The van der Waals surface area contributed by atoms with Gasteiger partial charge in [-0.2, -0.15) is 0 Å². The number of nitrogens with one attached hydrogen (secondary N) is 2. The Kier molecular flexibility index (Phi) is 10.8. The van der Waals surface area contributed by atoms with Gasteiger partial charge in [0.15, 0.2) is 11.6 Å². The SMILES string of the molecule is CCCNNC(=O)[C@@]1(Cc2ccccc2CN=[N+]=[N-])N=C(c2ccc(OCCCO)cc2)O[C@H]1c1ccccc1Br. The van der Waals surface area contributed by atoms with Crippen molar-refractivity contribution in [1.82, 2.24) is 10.9 Å². The highest BCUT2D eigenvalue weighted by Gasteiger charge is 2.54. The Morgan fingerprint density at radius 2 is 1.88 bits per heavy atom. The van der Waals surface area contributed by atoms with Crippen molar-refractivity contribution in [3.05, 3.63) is 110 Å². The smallest absolute Gasteiger partial charge is 0.266 e. The molecule has 3 N–H and O–H groups in total. The Morgan fingerprint density at radius 3 is 2.59 bits per heavy atom. The molecule has 0 bridgehead atoms. The maximum Gasteiger partial charge on any atom is 0.266 e. The van der Waals surface area contributed by atoms with Crippen LogP contribution in [0.15, 0.2) is 87.4 Å². The van der Waals surface area contributed by atoms with Crippen molar-refractivity contribution in [2.45, 2.75) is 44.4 Å². The predicted molar refractivity (Wildman–Crippen MR) is 160 cm³/mol. The van der Waals surface area contributed by atoms with Crippen molar-refractivity contribution in [1.29, 1.82) is 0 Å². The van der Waals surface area contributed by atoms with Crippen LogP contribution < -0.4 is 15.6 Å². The molecule has 0 saturated heterocycles. The highest BCUT2D eigenvalue weighted by molar-refractivity contribution is 9.10. The second-order valence-electron chi connectivity index (χ2n) is 9.53. The largest absolute Gasteiger partial charge is 0.494 e. The van der Waals surface area contributed by atoms with E-state index >= 15 is 0 Å². The molecule has 41 heavy (non-hydrogen) atoms. The molecule has 3 aromatic carbocycles. The van der Waals surface area contributed by atoms with E-state index < -0.39 is 11.6 Å². The average molecular weight is 622 g/mol. The average Bonchev–Trinajstić information content (AvgIpc) is 3.37. The number of carbonyl (C=O) groups excluding carboxylic acids is 1. The number of benzene rings is 3. The zero-order valence-corrected chi connectivity index (χ0v) is 24.4. The Hall–Kier alpha value is -3.89. The van der Waals surface area contributed by atoms with Crippen LogP contribution in [-0.2, 0) is 22.5 Å². The molecule has 214 valence electrons. The number of aliphatic imine (C=N–C) groups is 1. The van der Waals surface area contributed by atoms with Gasteiger partial charge in [0, 0.05) is 46.5 Å². The number of hydrazine groups is 1. The van der Waals surface area contributed by atoms with Crippen molar-refractivity contribution < 1.29 is 19.4 Å². The Morgan fingerprint density at radius 1 is 1.15 bits per heavy atom. The van der Waals surface area contributed by atoms with Gasteiger partial charge in [0.2, 0.25) is 5.90 Å². The number of halogens is 1. The zero-order chi connectivity index (χ0) is 29.1. The van der Waals surface area contributed by atoms with Crippen LogP contribution in [0.2, 0.25) is 0 Å². The minimum atomic E-state index is -1.40. The van der Waals surface area contributed by atoms with Crippen molar-refractivity contribution in [3.8, 4) is 5.75 Å². The molecule has 0 spiro atoms. The first-order chi connectivity index (χ1) is 20.0. The summed E-state index contributed by atoms with van der Waals surface area (Å²) >= 11 is 3.65. The summed E-state index contributed by atoms with van der Waals surface area (Å²) in [5.74, 6) is 0.637. The molecule has 0 fully saturated rings. The summed E-state index contributed by atoms with van der Waals surface area (Å²) in [7, 11) is 0. The zero-order valence-electron chi connectivity index (χ0n) is 22.8. The first-order valence-electron chi connectivity index (χ1n) is 13.5. The van der Waals surface area contributed by atoms with Gasteiger partial charge in [-0.15, -0.1) is 0 Å². The summed E-state index contributed by atoms with van der Waals surface area (Å²) in [4.78, 5) is 22.1. The number of carbonyl (C=O) groups is 1. The van der Waals surface area contributed by atoms with Crippen LogP contribution in [-0.4, -0.2) is 42.2 Å². The van der Waals surface area contributed by atoms with E-state index in [1.54, 1.807) is 0 Å². The quantitative estimate of drug-likeness (QED) is 0.0712. The predicted octanol–water partition coefficient (Wildman–Crippen LogP) is 5.55. The molecule has 0 aromatic heterocycles. The van der Waals surface area contributed by atoms with E-state index in [2.05, 4.69) is 36.8 Å².